The first-order valence-electron chi connectivity index (χ1n) is 6.11. The van der Waals surface area contributed by atoms with E-state index in [0.717, 1.165) is 18.8 Å². The van der Waals surface area contributed by atoms with E-state index < -0.39 is 0 Å². The highest BCUT2D eigenvalue weighted by Gasteiger charge is 2.10. The Labute approximate surface area is 96.9 Å². The van der Waals surface area contributed by atoms with Gasteiger partial charge in [-0.2, -0.15) is 0 Å². The molecule has 1 aliphatic heterocycles. The first-order chi connectivity index (χ1) is 7.84. The summed E-state index contributed by atoms with van der Waals surface area (Å²) in [6.45, 7) is 2.10. The Morgan fingerprint density at radius 1 is 1.19 bits per heavy atom. The van der Waals surface area contributed by atoms with Crippen molar-refractivity contribution in [2.45, 2.75) is 31.7 Å². The first-order valence-corrected chi connectivity index (χ1v) is 6.11. The molecule has 16 heavy (non-hydrogen) atoms. The molecular weight excluding hydrogens is 200 g/mol. The van der Waals surface area contributed by atoms with Gasteiger partial charge in [0, 0.05) is 18.3 Å². The Hall–Kier alpha value is -1.22. The molecule has 2 rings (SSSR count). The minimum Gasteiger partial charge on any atom is -0.508 e. The molecule has 0 saturated carbocycles. The summed E-state index contributed by atoms with van der Waals surface area (Å²) in [7, 11) is 0. The fourth-order valence-electron chi connectivity index (χ4n) is 2.10. The van der Waals surface area contributed by atoms with Crippen molar-refractivity contribution in [2.75, 3.05) is 18.4 Å². The van der Waals surface area contributed by atoms with E-state index in [1.165, 1.54) is 25.7 Å². The molecule has 3 nitrogen and oxygen atoms in total. The summed E-state index contributed by atoms with van der Waals surface area (Å²) < 4.78 is 0. The number of benzene rings is 1. The third-order valence-corrected chi connectivity index (χ3v) is 3.08. The van der Waals surface area contributed by atoms with Crippen molar-refractivity contribution < 1.29 is 5.11 Å². The number of rotatable bonds is 3. The van der Waals surface area contributed by atoms with Gasteiger partial charge >= 0.3 is 0 Å². The predicted octanol–water partition coefficient (Wildman–Crippen LogP) is 2.34. The Balaban J connectivity index is 1.79. The van der Waals surface area contributed by atoms with Gasteiger partial charge in [-0.25, -0.2) is 0 Å². The average molecular weight is 220 g/mol. The molecule has 1 atom stereocenters. The number of phenolic OH excluding ortho intramolecular Hbond substituents is 1. The summed E-state index contributed by atoms with van der Waals surface area (Å²) in [4.78, 5) is 0. The van der Waals surface area contributed by atoms with Crippen molar-refractivity contribution in [3.8, 4) is 5.75 Å². The highest BCUT2D eigenvalue weighted by molar-refractivity contribution is 5.46. The lowest BCUT2D eigenvalue weighted by molar-refractivity contribution is 0.475. The Bertz CT molecular complexity index is 302. The molecule has 1 aliphatic rings. The van der Waals surface area contributed by atoms with E-state index in [1.54, 1.807) is 12.1 Å². The predicted molar refractivity (Wildman–Crippen MR) is 66.9 cm³/mol. The van der Waals surface area contributed by atoms with Crippen LogP contribution in [-0.4, -0.2) is 24.2 Å². The second-order valence-electron chi connectivity index (χ2n) is 4.43. The minimum atomic E-state index is 0.318. The van der Waals surface area contributed by atoms with E-state index >= 15 is 0 Å². The van der Waals surface area contributed by atoms with E-state index in [1.807, 2.05) is 12.1 Å². The maximum absolute atomic E-state index is 9.17. The van der Waals surface area contributed by atoms with Crippen LogP contribution in [0.5, 0.6) is 5.75 Å². The van der Waals surface area contributed by atoms with Gasteiger partial charge in [0.1, 0.15) is 5.75 Å². The van der Waals surface area contributed by atoms with Crippen molar-refractivity contribution >= 4 is 5.69 Å². The Kier molecular flexibility index (Phi) is 4.05. The van der Waals surface area contributed by atoms with Crippen LogP contribution in [0.1, 0.15) is 25.7 Å². The third-order valence-electron chi connectivity index (χ3n) is 3.08. The Morgan fingerprint density at radius 3 is 2.81 bits per heavy atom. The molecule has 0 spiro atoms. The summed E-state index contributed by atoms with van der Waals surface area (Å²) in [6.07, 6.45) is 5.23. The molecule has 0 amide bonds. The maximum atomic E-state index is 9.17. The normalized spacial score (nSPS) is 21.4. The summed E-state index contributed by atoms with van der Waals surface area (Å²) in [5, 5.41) is 16.1. The highest BCUT2D eigenvalue weighted by atomic mass is 16.3. The number of hydrogen-bond acceptors (Lipinski definition) is 3. The van der Waals surface area contributed by atoms with Crippen molar-refractivity contribution in [1.29, 1.82) is 0 Å². The molecule has 88 valence electrons. The van der Waals surface area contributed by atoms with Crippen LogP contribution in [0, 0.1) is 0 Å². The van der Waals surface area contributed by atoms with Gasteiger partial charge in [0.05, 0.1) is 0 Å². The standard InChI is InChI=1S/C13H20N2O/c16-13-7-5-11(6-8-13)15-10-12-4-2-1-3-9-14-12/h5-8,12,14-16H,1-4,9-10H2. The number of hydrogen-bond donors (Lipinski definition) is 3. The van der Waals surface area contributed by atoms with E-state index in [9.17, 15) is 5.11 Å². The number of aromatic hydroxyl groups is 1. The fraction of sp³-hybridized carbons (Fsp3) is 0.538. The largest absolute Gasteiger partial charge is 0.508 e. The Morgan fingerprint density at radius 2 is 2.00 bits per heavy atom. The van der Waals surface area contributed by atoms with Crippen LogP contribution in [0.15, 0.2) is 24.3 Å². The highest BCUT2D eigenvalue weighted by Crippen LogP contribution is 2.14. The van der Waals surface area contributed by atoms with Crippen LogP contribution in [0.25, 0.3) is 0 Å². The van der Waals surface area contributed by atoms with E-state index in [0.29, 0.717) is 11.8 Å². The van der Waals surface area contributed by atoms with Crippen LogP contribution in [0.3, 0.4) is 0 Å². The van der Waals surface area contributed by atoms with Gasteiger partial charge in [-0.1, -0.05) is 12.8 Å². The van der Waals surface area contributed by atoms with Crippen LogP contribution in [-0.2, 0) is 0 Å². The monoisotopic (exact) mass is 220 g/mol. The molecular formula is C13H20N2O. The van der Waals surface area contributed by atoms with E-state index in [2.05, 4.69) is 10.6 Å². The van der Waals surface area contributed by atoms with Crippen molar-refractivity contribution in [3.63, 3.8) is 0 Å². The fourth-order valence-corrected chi connectivity index (χ4v) is 2.10. The quantitative estimate of drug-likeness (QED) is 0.685. The summed E-state index contributed by atoms with van der Waals surface area (Å²) in [5.74, 6) is 0.318. The molecule has 0 aliphatic carbocycles. The van der Waals surface area contributed by atoms with Crippen LogP contribution in [0.4, 0.5) is 5.69 Å². The first kappa shape index (κ1) is 11.3. The molecule has 0 radical (unpaired) electrons. The third kappa shape index (κ3) is 3.42. The zero-order valence-electron chi connectivity index (χ0n) is 9.58. The molecule has 1 aromatic carbocycles. The molecule has 1 saturated heterocycles. The van der Waals surface area contributed by atoms with Crippen molar-refractivity contribution in [3.05, 3.63) is 24.3 Å². The molecule has 1 aromatic rings. The smallest absolute Gasteiger partial charge is 0.115 e. The number of phenols is 1. The molecule has 0 bridgehead atoms. The van der Waals surface area contributed by atoms with Gasteiger partial charge in [0.15, 0.2) is 0 Å². The van der Waals surface area contributed by atoms with Crippen LogP contribution < -0.4 is 10.6 Å². The van der Waals surface area contributed by atoms with Gasteiger partial charge in [0.2, 0.25) is 0 Å². The summed E-state index contributed by atoms with van der Waals surface area (Å²) in [5.41, 5.74) is 1.07. The van der Waals surface area contributed by atoms with Crippen molar-refractivity contribution in [1.82, 2.24) is 5.32 Å². The topological polar surface area (TPSA) is 44.3 Å². The lowest BCUT2D eigenvalue weighted by Gasteiger charge is -2.17. The van der Waals surface area contributed by atoms with Crippen LogP contribution in [0.2, 0.25) is 0 Å². The molecule has 0 aromatic heterocycles. The van der Waals surface area contributed by atoms with Crippen LogP contribution >= 0.6 is 0 Å². The molecule has 1 fully saturated rings. The van der Waals surface area contributed by atoms with Gasteiger partial charge in [-0.05, 0) is 43.7 Å². The van der Waals surface area contributed by atoms with Crippen molar-refractivity contribution in [2.24, 2.45) is 0 Å². The second-order valence-corrected chi connectivity index (χ2v) is 4.43. The lowest BCUT2D eigenvalue weighted by atomic mass is 10.1. The van der Waals surface area contributed by atoms with Gasteiger partial charge in [0.25, 0.3) is 0 Å². The summed E-state index contributed by atoms with van der Waals surface area (Å²) >= 11 is 0. The number of anilines is 1. The SMILES string of the molecule is Oc1ccc(NCC2CCCCCN2)cc1. The molecule has 1 heterocycles. The number of nitrogens with one attached hydrogen (secondary N) is 2. The van der Waals surface area contributed by atoms with E-state index in [4.69, 9.17) is 0 Å². The van der Waals surface area contributed by atoms with Gasteiger partial charge in [-0.15, -0.1) is 0 Å². The van der Waals surface area contributed by atoms with Gasteiger partial charge < -0.3 is 15.7 Å². The maximum Gasteiger partial charge on any atom is 0.115 e. The van der Waals surface area contributed by atoms with E-state index in [-0.39, 0.29) is 0 Å². The zero-order chi connectivity index (χ0) is 11.2. The summed E-state index contributed by atoms with van der Waals surface area (Å²) in [6, 6.07) is 7.82. The molecule has 3 heteroatoms. The minimum absolute atomic E-state index is 0.318. The molecule has 3 N–H and O–H groups in total. The lowest BCUT2D eigenvalue weighted by Crippen LogP contribution is -2.34. The average Bonchev–Trinajstić information content (AvgIpc) is 2.57. The molecule has 1 unspecified atom stereocenters. The second kappa shape index (κ2) is 5.75. The zero-order valence-corrected chi connectivity index (χ0v) is 9.58. The van der Waals surface area contributed by atoms with Gasteiger partial charge in [-0.3, -0.25) is 0 Å².